The van der Waals surface area contributed by atoms with Gasteiger partial charge in [-0.25, -0.2) is 13.2 Å². The van der Waals surface area contributed by atoms with Crippen LogP contribution in [0, 0.1) is 0 Å². The maximum absolute atomic E-state index is 12.6. The Kier molecular flexibility index (Phi) is 5.96. The van der Waals surface area contributed by atoms with Crippen LogP contribution in [0.1, 0.15) is 6.92 Å². The summed E-state index contributed by atoms with van der Waals surface area (Å²) in [5.74, 6) is -0.366. The van der Waals surface area contributed by atoms with Crippen LogP contribution in [-0.4, -0.2) is 33.6 Å². The number of hydrogen-bond donors (Lipinski definition) is 3. The number of nitrogens with one attached hydrogen (secondary N) is 2. The molecule has 0 aliphatic carbocycles. The van der Waals surface area contributed by atoms with Gasteiger partial charge in [-0.05, 0) is 55.5 Å². The number of sulfone groups is 1. The Hall–Kier alpha value is -2.91. The van der Waals surface area contributed by atoms with Gasteiger partial charge in [0.25, 0.3) is 0 Å². The Morgan fingerprint density at radius 1 is 0.923 bits per heavy atom. The van der Waals surface area contributed by atoms with Gasteiger partial charge in [-0.2, -0.15) is 0 Å². The summed E-state index contributed by atoms with van der Waals surface area (Å²) in [4.78, 5) is 22.8. The second kappa shape index (κ2) is 7.98. The number of nitrogens with two attached hydrogens (primary N) is 1. The molecule has 2 aromatic rings. The summed E-state index contributed by atoms with van der Waals surface area (Å²) in [6.45, 7) is 1.55. The van der Waals surface area contributed by atoms with Gasteiger partial charge < -0.3 is 15.8 Å². The Bertz CT molecular complexity index is 891. The van der Waals surface area contributed by atoms with Crippen LogP contribution in [-0.2, 0) is 19.4 Å². The molecule has 0 radical (unpaired) electrons. The zero-order valence-corrected chi connectivity index (χ0v) is 15.0. The molecule has 0 aliphatic heterocycles. The summed E-state index contributed by atoms with van der Waals surface area (Å²) in [5, 5.41) is 5.02. The Morgan fingerprint density at radius 2 is 1.35 bits per heavy atom. The fourth-order valence-corrected chi connectivity index (χ4v) is 3.26. The fraction of sp³-hybridized carbons (Fsp3) is 0.176. The van der Waals surface area contributed by atoms with Gasteiger partial charge in [-0.3, -0.25) is 10.1 Å². The average Bonchev–Trinajstić information content (AvgIpc) is 2.62. The third-order valence-electron chi connectivity index (χ3n) is 3.44. The standard InChI is InChI=1S/C17H19N3O5S/c1-11(18)16(21)19-12-3-7-14(8-4-12)26(23,24)15-9-5-13(6-10-15)20-17(22)25-2/h3-11H,18H2,1-2H3,(H,19,21)(H,20,22). The Morgan fingerprint density at radius 3 is 1.73 bits per heavy atom. The van der Waals surface area contributed by atoms with E-state index >= 15 is 0 Å². The number of hydrogen-bond acceptors (Lipinski definition) is 6. The smallest absolute Gasteiger partial charge is 0.411 e. The molecule has 1 atom stereocenters. The predicted molar refractivity (Wildman–Crippen MR) is 96.6 cm³/mol. The number of rotatable bonds is 5. The molecule has 0 fully saturated rings. The van der Waals surface area contributed by atoms with E-state index in [9.17, 15) is 18.0 Å². The van der Waals surface area contributed by atoms with Crippen LogP contribution in [0.2, 0.25) is 0 Å². The highest BCUT2D eigenvalue weighted by Crippen LogP contribution is 2.23. The second-order valence-corrected chi connectivity index (χ2v) is 7.40. The van der Waals surface area contributed by atoms with Crippen LogP contribution >= 0.6 is 0 Å². The number of anilines is 2. The number of methoxy groups -OCH3 is 1. The molecular formula is C17H19N3O5S. The van der Waals surface area contributed by atoms with Crippen LogP contribution in [0.4, 0.5) is 16.2 Å². The van der Waals surface area contributed by atoms with Gasteiger partial charge in [0.15, 0.2) is 0 Å². The van der Waals surface area contributed by atoms with E-state index in [0.29, 0.717) is 11.4 Å². The van der Waals surface area contributed by atoms with E-state index in [4.69, 9.17) is 5.73 Å². The number of carbonyl (C=O) groups excluding carboxylic acids is 2. The van der Waals surface area contributed by atoms with E-state index in [2.05, 4.69) is 15.4 Å². The zero-order valence-electron chi connectivity index (χ0n) is 14.2. The first-order chi connectivity index (χ1) is 12.2. The topological polar surface area (TPSA) is 128 Å². The lowest BCUT2D eigenvalue weighted by atomic mass is 10.3. The molecule has 2 aromatic carbocycles. The molecule has 9 heteroatoms. The second-order valence-electron chi connectivity index (χ2n) is 5.45. The summed E-state index contributed by atoms with van der Waals surface area (Å²) in [6.07, 6.45) is -0.648. The lowest BCUT2D eigenvalue weighted by molar-refractivity contribution is -0.117. The van der Waals surface area contributed by atoms with E-state index in [1.807, 2.05) is 0 Å². The first kappa shape index (κ1) is 19.4. The number of carbonyl (C=O) groups is 2. The van der Waals surface area contributed by atoms with Crippen LogP contribution in [0.5, 0.6) is 0 Å². The maximum atomic E-state index is 12.6. The minimum atomic E-state index is -3.73. The third-order valence-corrected chi connectivity index (χ3v) is 5.23. The van der Waals surface area contributed by atoms with Gasteiger partial charge >= 0.3 is 6.09 Å². The molecule has 0 saturated heterocycles. The molecule has 0 saturated carbocycles. The van der Waals surface area contributed by atoms with Crippen molar-refractivity contribution in [3.63, 3.8) is 0 Å². The van der Waals surface area contributed by atoms with E-state index in [1.165, 1.54) is 55.6 Å². The van der Waals surface area contributed by atoms with E-state index in [0.717, 1.165) is 0 Å². The number of ether oxygens (including phenoxy) is 1. The van der Waals surface area contributed by atoms with E-state index in [-0.39, 0.29) is 15.7 Å². The summed E-state index contributed by atoms with van der Waals surface area (Å²) >= 11 is 0. The van der Waals surface area contributed by atoms with Crippen molar-refractivity contribution in [1.82, 2.24) is 0 Å². The summed E-state index contributed by atoms with van der Waals surface area (Å²) < 4.78 is 29.8. The molecule has 0 aromatic heterocycles. The molecular weight excluding hydrogens is 358 g/mol. The van der Waals surface area contributed by atoms with Crippen molar-refractivity contribution in [2.24, 2.45) is 5.73 Å². The minimum absolute atomic E-state index is 0.0697. The van der Waals surface area contributed by atoms with Crippen LogP contribution < -0.4 is 16.4 Å². The van der Waals surface area contributed by atoms with Crippen molar-refractivity contribution >= 4 is 33.2 Å². The van der Waals surface area contributed by atoms with Crippen molar-refractivity contribution in [2.75, 3.05) is 17.7 Å². The molecule has 0 bridgehead atoms. The van der Waals surface area contributed by atoms with E-state index in [1.54, 1.807) is 6.92 Å². The third kappa shape index (κ3) is 4.58. The molecule has 0 spiro atoms. The normalized spacial score (nSPS) is 12.1. The van der Waals surface area contributed by atoms with Gasteiger partial charge in [0.05, 0.1) is 22.9 Å². The van der Waals surface area contributed by atoms with Gasteiger partial charge in [0.2, 0.25) is 15.7 Å². The SMILES string of the molecule is COC(=O)Nc1ccc(S(=O)(=O)c2ccc(NC(=O)C(C)N)cc2)cc1. The molecule has 2 rings (SSSR count). The predicted octanol–water partition coefficient (Wildman–Crippen LogP) is 1.98. The van der Waals surface area contributed by atoms with E-state index < -0.39 is 22.0 Å². The average molecular weight is 377 g/mol. The lowest BCUT2D eigenvalue weighted by Gasteiger charge is -2.10. The Labute approximate surface area is 151 Å². The maximum Gasteiger partial charge on any atom is 0.411 e. The molecule has 26 heavy (non-hydrogen) atoms. The lowest BCUT2D eigenvalue weighted by Crippen LogP contribution is -2.32. The van der Waals surface area contributed by atoms with Crippen molar-refractivity contribution in [3.05, 3.63) is 48.5 Å². The Balaban J connectivity index is 2.19. The van der Waals surface area contributed by atoms with Crippen molar-refractivity contribution < 1.29 is 22.7 Å². The fourth-order valence-electron chi connectivity index (χ4n) is 2.00. The number of amides is 2. The zero-order chi connectivity index (χ0) is 19.3. The first-order valence-electron chi connectivity index (χ1n) is 7.60. The molecule has 0 heterocycles. The first-order valence-corrected chi connectivity index (χ1v) is 9.09. The van der Waals surface area contributed by atoms with Crippen LogP contribution in [0.15, 0.2) is 58.3 Å². The van der Waals surface area contributed by atoms with Crippen molar-refractivity contribution in [2.45, 2.75) is 22.8 Å². The quantitative estimate of drug-likeness (QED) is 0.731. The summed E-state index contributed by atoms with van der Waals surface area (Å²) in [5.41, 5.74) is 6.32. The van der Waals surface area contributed by atoms with Crippen LogP contribution in [0.25, 0.3) is 0 Å². The molecule has 138 valence electrons. The van der Waals surface area contributed by atoms with Gasteiger partial charge in [0, 0.05) is 11.4 Å². The van der Waals surface area contributed by atoms with Crippen molar-refractivity contribution in [3.8, 4) is 0 Å². The van der Waals surface area contributed by atoms with Crippen molar-refractivity contribution in [1.29, 1.82) is 0 Å². The number of benzene rings is 2. The molecule has 8 nitrogen and oxygen atoms in total. The minimum Gasteiger partial charge on any atom is -0.453 e. The highest BCUT2D eigenvalue weighted by atomic mass is 32.2. The largest absolute Gasteiger partial charge is 0.453 e. The monoisotopic (exact) mass is 377 g/mol. The molecule has 1 unspecified atom stereocenters. The van der Waals surface area contributed by atoms with Gasteiger partial charge in [-0.15, -0.1) is 0 Å². The highest BCUT2D eigenvalue weighted by molar-refractivity contribution is 7.91. The van der Waals surface area contributed by atoms with Gasteiger partial charge in [-0.1, -0.05) is 0 Å². The summed E-state index contributed by atoms with van der Waals surface area (Å²) in [7, 11) is -2.50. The van der Waals surface area contributed by atoms with Gasteiger partial charge in [0.1, 0.15) is 0 Å². The molecule has 2 amide bonds. The highest BCUT2D eigenvalue weighted by Gasteiger charge is 2.18. The molecule has 4 N–H and O–H groups in total. The molecule has 0 aliphatic rings. The summed E-state index contributed by atoms with van der Waals surface area (Å²) in [6, 6.07) is 10.8. The van der Waals surface area contributed by atoms with Crippen LogP contribution in [0.3, 0.4) is 0 Å².